The molecule has 0 saturated carbocycles. The van der Waals surface area contributed by atoms with Crippen LogP contribution in [0.2, 0.25) is 0 Å². The van der Waals surface area contributed by atoms with E-state index in [0.29, 0.717) is 6.54 Å². The molecule has 2 aliphatic rings. The largest absolute Gasteiger partial charge is 0.373 e. The lowest BCUT2D eigenvalue weighted by molar-refractivity contribution is -0.148. The lowest BCUT2D eigenvalue weighted by Gasteiger charge is -2.43. The Bertz CT molecular complexity index is 515. The van der Waals surface area contributed by atoms with Crippen molar-refractivity contribution in [2.75, 3.05) is 32.7 Å². The number of nitrogens with one attached hydrogen (secondary N) is 1. The van der Waals surface area contributed by atoms with Crippen LogP contribution >= 0.6 is 0 Å². The van der Waals surface area contributed by atoms with E-state index < -0.39 is 0 Å². The number of carbonyl (C=O) groups excluding carboxylic acids is 2. The first-order valence-corrected chi connectivity index (χ1v) is 11.8. The third-order valence-corrected chi connectivity index (χ3v) is 6.16. The van der Waals surface area contributed by atoms with Gasteiger partial charge < -0.3 is 15.0 Å². The first-order chi connectivity index (χ1) is 13.8. The Balaban J connectivity index is 1.93. The number of amides is 2. The SMILES string of the molecule is CCCCCCNC(=O)C1CCCN(C(=O)C(C(C)C)N2CC(C)OC(C)C2)C1. The van der Waals surface area contributed by atoms with Crippen LogP contribution in [-0.2, 0) is 14.3 Å². The molecule has 168 valence electrons. The quantitative estimate of drug-likeness (QED) is 0.595. The van der Waals surface area contributed by atoms with E-state index in [1.165, 1.54) is 19.3 Å². The first kappa shape index (κ1) is 24.1. The van der Waals surface area contributed by atoms with E-state index in [2.05, 4.69) is 44.8 Å². The van der Waals surface area contributed by atoms with Crippen molar-refractivity contribution in [3.63, 3.8) is 0 Å². The standard InChI is InChI=1S/C23H43N3O3/c1-6-7-8-9-12-24-22(27)20-11-10-13-25(16-20)23(28)21(17(2)3)26-14-18(4)29-19(5)15-26/h17-21H,6-16H2,1-5H3,(H,24,27). The summed E-state index contributed by atoms with van der Waals surface area (Å²) in [6, 6.07) is -0.139. The molecule has 0 aromatic heterocycles. The summed E-state index contributed by atoms with van der Waals surface area (Å²) >= 11 is 0. The zero-order valence-corrected chi connectivity index (χ0v) is 19.3. The van der Waals surface area contributed by atoms with Crippen LogP contribution in [0.15, 0.2) is 0 Å². The summed E-state index contributed by atoms with van der Waals surface area (Å²) in [5, 5.41) is 3.09. The van der Waals surface area contributed by atoms with Crippen LogP contribution < -0.4 is 5.32 Å². The van der Waals surface area contributed by atoms with Gasteiger partial charge in [0.05, 0.1) is 24.2 Å². The van der Waals surface area contributed by atoms with Gasteiger partial charge in [-0.15, -0.1) is 0 Å². The summed E-state index contributed by atoms with van der Waals surface area (Å²) in [6.45, 7) is 14.2. The summed E-state index contributed by atoms with van der Waals surface area (Å²) in [5.74, 6) is 0.456. The van der Waals surface area contributed by atoms with Crippen molar-refractivity contribution in [2.45, 2.75) is 91.4 Å². The molecule has 0 aromatic rings. The number of ether oxygens (including phenoxy) is 1. The molecule has 6 nitrogen and oxygen atoms in total. The van der Waals surface area contributed by atoms with Gasteiger partial charge >= 0.3 is 0 Å². The van der Waals surface area contributed by atoms with Crippen molar-refractivity contribution in [1.29, 1.82) is 0 Å². The number of carbonyl (C=O) groups is 2. The Morgan fingerprint density at radius 2 is 1.76 bits per heavy atom. The number of nitrogens with zero attached hydrogens (tertiary/aromatic N) is 2. The predicted octanol–water partition coefficient (Wildman–Crippen LogP) is 3.06. The van der Waals surface area contributed by atoms with Crippen LogP contribution in [0.3, 0.4) is 0 Å². The molecule has 2 heterocycles. The maximum atomic E-state index is 13.5. The number of likely N-dealkylation sites (tertiary alicyclic amines) is 1. The molecule has 6 heteroatoms. The zero-order chi connectivity index (χ0) is 21.4. The highest BCUT2D eigenvalue weighted by atomic mass is 16.5. The molecule has 1 N–H and O–H groups in total. The van der Waals surface area contributed by atoms with Gasteiger partial charge in [-0.3, -0.25) is 14.5 Å². The number of hydrogen-bond acceptors (Lipinski definition) is 4. The molecule has 0 bridgehead atoms. The van der Waals surface area contributed by atoms with Crippen molar-refractivity contribution >= 4 is 11.8 Å². The van der Waals surface area contributed by atoms with Gasteiger partial charge in [0.25, 0.3) is 0 Å². The second-order valence-corrected chi connectivity index (χ2v) is 9.38. The van der Waals surface area contributed by atoms with Gasteiger partial charge in [-0.25, -0.2) is 0 Å². The average molecular weight is 410 g/mol. The van der Waals surface area contributed by atoms with Gasteiger partial charge in [-0.2, -0.15) is 0 Å². The molecule has 2 saturated heterocycles. The summed E-state index contributed by atoms with van der Waals surface area (Å²) in [7, 11) is 0. The topological polar surface area (TPSA) is 61.9 Å². The summed E-state index contributed by atoms with van der Waals surface area (Å²) in [4.78, 5) is 30.3. The van der Waals surface area contributed by atoms with E-state index in [4.69, 9.17) is 4.74 Å². The molecule has 2 aliphatic heterocycles. The lowest BCUT2D eigenvalue weighted by atomic mass is 9.94. The van der Waals surface area contributed by atoms with E-state index >= 15 is 0 Å². The molecular weight excluding hydrogens is 366 g/mol. The van der Waals surface area contributed by atoms with E-state index in [1.807, 2.05) is 4.90 Å². The minimum Gasteiger partial charge on any atom is -0.373 e. The van der Waals surface area contributed by atoms with Gasteiger partial charge in [0, 0.05) is 32.7 Å². The van der Waals surface area contributed by atoms with E-state index in [1.54, 1.807) is 0 Å². The van der Waals surface area contributed by atoms with Crippen LogP contribution in [0.4, 0.5) is 0 Å². The smallest absolute Gasteiger partial charge is 0.240 e. The minimum absolute atomic E-state index is 0.0748. The van der Waals surface area contributed by atoms with Crippen molar-refractivity contribution in [1.82, 2.24) is 15.1 Å². The van der Waals surface area contributed by atoms with Gasteiger partial charge in [0.2, 0.25) is 11.8 Å². The molecule has 4 unspecified atom stereocenters. The first-order valence-electron chi connectivity index (χ1n) is 11.8. The van der Waals surface area contributed by atoms with Gasteiger partial charge in [0.15, 0.2) is 0 Å². The van der Waals surface area contributed by atoms with Crippen LogP contribution in [-0.4, -0.2) is 72.6 Å². The molecule has 2 fully saturated rings. The number of rotatable bonds is 9. The summed E-state index contributed by atoms with van der Waals surface area (Å²) < 4.78 is 5.86. The molecule has 2 rings (SSSR count). The minimum atomic E-state index is -0.139. The van der Waals surface area contributed by atoms with Crippen molar-refractivity contribution in [2.24, 2.45) is 11.8 Å². The monoisotopic (exact) mass is 409 g/mol. The van der Waals surface area contributed by atoms with Crippen LogP contribution in [0, 0.1) is 11.8 Å². The lowest BCUT2D eigenvalue weighted by Crippen LogP contribution is -2.59. The highest BCUT2D eigenvalue weighted by molar-refractivity contribution is 5.84. The molecular formula is C23H43N3O3. The Morgan fingerprint density at radius 1 is 1.07 bits per heavy atom. The van der Waals surface area contributed by atoms with E-state index in [0.717, 1.165) is 45.4 Å². The Hall–Kier alpha value is -1.14. The zero-order valence-electron chi connectivity index (χ0n) is 19.3. The number of hydrogen-bond donors (Lipinski definition) is 1. The molecule has 0 aromatic carbocycles. The summed E-state index contributed by atoms with van der Waals surface area (Å²) in [5.41, 5.74) is 0. The third-order valence-electron chi connectivity index (χ3n) is 6.16. The van der Waals surface area contributed by atoms with Crippen molar-refractivity contribution in [3.05, 3.63) is 0 Å². The molecule has 29 heavy (non-hydrogen) atoms. The van der Waals surface area contributed by atoms with Gasteiger partial charge in [-0.1, -0.05) is 40.0 Å². The predicted molar refractivity (Wildman–Crippen MR) is 117 cm³/mol. The molecule has 2 amide bonds. The highest BCUT2D eigenvalue weighted by Gasteiger charge is 2.38. The fourth-order valence-electron chi connectivity index (χ4n) is 4.79. The normalized spacial score (nSPS) is 27.1. The fourth-order valence-corrected chi connectivity index (χ4v) is 4.79. The number of unbranched alkanes of at least 4 members (excludes halogenated alkanes) is 3. The van der Waals surface area contributed by atoms with Crippen LogP contribution in [0.5, 0.6) is 0 Å². The molecule has 0 spiro atoms. The van der Waals surface area contributed by atoms with Crippen molar-refractivity contribution < 1.29 is 14.3 Å². The Morgan fingerprint density at radius 3 is 2.38 bits per heavy atom. The van der Waals surface area contributed by atoms with E-state index in [9.17, 15) is 9.59 Å². The molecule has 0 aliphatic carbocycles. The fraction of sp³-hybridized carbons (Fsp3) is 0.913. The molecule has 4 atom stereocenters. The Kier molecular flexibility index (Phi) is 9.90. The second kappa shape index (κ2) is 11.9. The maximum Gasteiger partial charge on any atom is 0.240 e. The van der Waals surface area contributed by atoms with Crippen LogP contribution in [0.1, 0.15) is 73.1 Å². The van der Waals surface area contributed by atoms with E-state index in [-0.39, 0.29) is 41.9 Å². The number of morpholine rings is 1. The van der Waals surface area contributed by atoms with Crippen LogP contribution in [0.25, 0.3) is 0 Å². The Labute approximate surface area is 177 Å². The van der Waals surface area contributed by atoms with Gasteiger partial charge in [-0.05, 0) is 39.0 Å². The second-order valence-electron chi connectivity index (χ2n) is 9.38. The molecule has 0 radical (unpaired) electrons. The highest BCUT2D eigenvalue weighted by Crippen LogP contribution is 2.24. The van der Waals surface area contributed by atoms with Crippen molar-refractivity contribution in [3.8, 4) is 0 Å². The third kappa shape index (κ3) is 7.25. The summed E-state index contributed by atoms with van der Waals surface area (Å²) in [6.07, 6.45) is 6.68. The average Bonchev–Trinajstić information content (AvgIpc) is 2.67. The maximum absolute atomic E-state index is 13.5. The van der Waals surface area contributed by atoms with Gasteiger partial charge in [0.1, 0.15) is 0 Å². The number of piperidine rings is 1.